The van der Waals surface area contributed by atoms with Gasteiger partial charge < -0.3 is 5.32 Å². The van der Waals surface area contributed by atoms with Gasteiger partial charge in [0.1, 0.15) is 0 Å². The maximum atomic E-state index is 10.2. The summed E-state index contributed by atoms with van der Waals surface area (Å²) in [5, 5.41) is 2.83. The van der Waals surface area contributed by atoms with Crippen molar-refractivity contribution in [3.63, 3.8) is 0 Å². The smallest absolute Gasteiger partial charge is 0.207 e. The fourth-order valence-corrected chi connectivity index (χ4v) is 0.812. The average Bonchev–Trinajstić information content (AvgIpc) is 1.88. The lowest BCUT2D eigenvalue weighted by molar-refractivity contribution is -0.111. The summed E-state index contributed by atoms with van der Waals surface area (Å²) in [6.07, 6.45) is 1.76. The lowest BCUT2D eigenvalue weighted by Gasteiger charge is -2.31. The highest BCUT2D eigenvalue weighted by Crippen LogP contribution is 2.18. The van der Waals surface area contributed by atoms with Crippen molar-refractivity contribution in [1.82, 2.24) is 5.32 Å². The number of amides is 1. The molecule has 0 aromatic carbocycles. The van der Waals surface area contributed by atoms with Gasteiger partial charge in [-0.25, -0.2) is 0 Å². The van der Waals surface area contributed by atoms with E-state index in [4.69, 9.17) is 0 Å². The number of carbonyl (C=O) groups is 1. The number of hydrogen-bond acceptors (Lipinski definition) is 1. The number of hydrogen-bond donors (Lipinski definition) is 1. The quantitative estimate of drug-likeness (QED) is 0.594. The van der Waals surface area contributed by atoms with E-state index in [2.05, 4.69) is 33.0 Å². The Morgan fingerprint density at radius 2 is 2.10 bits per heavy atom. The molecule has 0 rings (SSSR count). The summed E-state index contributed by atoms with van der Waals surface area (Å²) >= 11 is 0. The van der Waals surface area contributed by atoms with Crippen LogP contribution in [0.5, 0.6) is 0 Å². The van der Waals surface area contributed by atoms with E-state index in [1.54, 1.807) is 0 Å². The van der Waals surface area contributed by atoms with Crippen LogP contribution >= 0.6 is 0 Å². The molecule has 10 heavy (non-hydrogen) atoms. The zero-order valence-electron chi connectivity index (χ0n) is 7.27. The van der Waals surface area contributed by atoms with Crippen molar-refractivity contribution in [3.8, 4) is 0 Å². The van der Waals surface area contributed by atoms with Crippen LogP contribution in [0, 0.1) is 5.92 Å². The van der Waals surface area contributed by atoms with Crippen LogP contribution in [0.1, 0.15) is 34.1 Å². The molecular formula is C8H17NO. The van der Waals surface area contributed by atoms with Gasteiger partial charge in [0.15, 0.2) is 0 Å². The lowest BCUT2D eigenvalue weighted by Crippen LogP contribution is -2.45. The van der Waals surface area contributed by atoms with E-state index in [1.165, 1.54) is 0 Å². The summed E-state index contributed by atoms with van der Waals surface area (Å²) in [7, 11) is 0. The minimum absolute atomic E-state index is 0.0260. The largest absolute Gasteiger partial charge is 0.353 e. The SMILES string of the molecule is CCC(C)(NC=O)C(C)C. The molecule has 0 fully saturated rings. The van der Waals surface area contributed by atoms with Gasteiger partial charge in [-0.2, -0.15) is 0 Å². The number of carbonyl (C=O) groups excluding carboxylic acids is 1. The summed E-state index contributed by atoms with van der Waals surface area (Å²) in [6.45, 7) is 8.36. The molecule has 0 bridgehead atoms. The summed E-state index contributed by atoms with van der Waals surface area (Å²) in [4.78, 5) is 10.2. The van der Waals surface area contributed by atoms with Crippen molar-refractivity contribution >= 4 is 6.41 Å². The molecule has 1 amide bonds. The molecule has 0 saturated carbocycles. The van der Waals surface area contributed by atoms with Gasteiger partial charge in [-0.15, -0.1) is 0 Å². The molecule has 0 saturated heterocycles. The van der Waals surface area contributed by atoms with Crippen molar-refractivity contribution in [3.05, 3.63) is 0 Å². The Labute approximate surface area is 63.0 Å². The maximum Gasteiger partial charge on any atom is 0.207 e. The van der Waals surface area contributed by atoms with E-state index in [0.717, 1.165) is 12.8 Å². The topological polar surface area (TPSA) is 29.1 Å². The van der Waals surface area contributed by atoms with Gasteiger partial charge in [-0.3, -0.25) is 4.79 Å². The summed E-state index contributed by atoms with van der Waals surface area (Å²) < 4.78 is 0. The van der Waals surface area contributed by atoms with Crippen LogP contribution < -0.4 is 5.32 Å². The summed E-state index contributed by atoms with van der Waals surface area (Å²) in [6, 6.07) is 0. The van der Waals surface area contributed by atoms with Gasteiger partial charge in [-0.05, 0) is 19.3 Å². The highest BCUT2D eigenvalue weighted by atomic mass is 16.1. The van der Waals surface area contributed by atoms with Crippen LogP contribution in [0.25, 0.3) is 0 Å². The first-order chi connectivity index (χ1) is 4.56. The fraction of sp³-hybridized carbons (Fsp3) is 0.875. The van der Waals surface area contributed by atoms with Gasteiger partial charge >= 0.3 is 0 Å². The predicted molar refractivity (Wildman–Crippen MR) is 42.7 cm³/mol. The fourth-order valence-electron chi connectivity index (χ4n) is 0.812. The van der Waals surface area contributed by atoms with Crippen LogP contribution in [0.15, 0.2) is 0 Å². The summed E-state index contributed by atoms with van der Waals surface area (Å²) in [5.41, 5.74) is -0.0260. The molecule has 2 heteroatoms. The van der Waals surface area contributed by atoms with Crippen molar-refractivity contribution in [1.29, 1.82) is 0 Å². The molecule has 0 aromatic rings. The Morgan fingerprint density at radius 3 is 2.20 bits per heavy atom. The van der Waals surface area contributed by atoms with E-state index in [1.807, 2.05) is 0 Å². The second kappa shape index (κ2) is 3.59. The Hall–Kier alpha value is -0.530. The third-order valence-electron chi connectivity index (χ3n) is 2.40. The summed E-state index contributed by atoms with van der Waals surface area (Å²) in [5.74, 6) is 0.489. The van der Waals surface area contributed by atoms with Gasteiger partial charge in [0.25, 0.3) is 0 Å². The van der Waals surface area contributed by atoms with E-state index in [0.29, 0.717) is 5.92 Å². The molecule has 0 aliphatic rings. The van der Waals surface area contributed by atoms with E-state index < -0.39 is 0 Å². The minimum atomic E-state index is -0.0260. The molecule has 0 aliphatic carbocycles. The Balaban J connectivity index is 4.07. The second-order valence-corrected chi connectivity index (χ2v) is 3.19. The maximum absolute atomic E-state index is 10.2. The zero-order valence-corrected chi connectivity index (χ0v) is 7.27. The van der Waals surface area contributed by atoms with Gasteiger partial charge in [0, 0.05) is 5.54 Å². The van der Waals surface area contributed by atoms with Crippen molar-refractivity contribution in [2.75, 3.05) is 0 Å². The van der Waals surface area contributed by atoms with Gasteiger partial charge in [0.05, 0.1) is 0 Å². The first-order valence-electron chi connectivity index (χ1n) is 3.78. The highest BCUT2D eigenvalue weighted by Gasteiger charge is 2.24. The number of nitrogens with one attached hydrogen (secondary N) is 1. The van der Waals surface area contributed by atoms with Crippen LogP contribution in [0.3, 0.4) is 0 Å². The second-order valence-electron chi connectivity index (χ2n) is 3.19. The molecule has 2 nitrogen and oxygen atoms in total. The van der Waals surface area contributed by atoms with Crippen LogP contribution in [0.4, 0.5) is 0 Å². The van der Waals surface area contributed by atoms with E-state index >= 15 is 0 Å². The molecule has 1 N–H and O–H groups in total. The Kier molecular flexibility index (Phi) is 3.40. The van der Waals surface area contributed by atoms with Crippen molar-refractivity contribution in [2.45, 2.75) is 39.7 Å². The van der Waals surface area contributed by atoms with Gasteiger partial charge in [0.2, 0.25) is 6.41 Å². The monoisotopic (exact) mass is 143 g/mol. The molecule has 0 radical (unpaired) electrons. The van der Waals surface area contributed by atoms with Gasteiger partial charge in [-0.1, -0.05) is 20.8 Å². The standard InChI is InChI=1S/C8H17NO/c1-5-8(4,7(2)3)9-6-10/h6-7H,5H2,1-4H3,(H,9,10). The average molecular weight is 143 g/mol. The van der Waals surface area contributed by atoms with Crippen LogP contribution in [-0.2, 0) is 4.79 Å². The Morgan fingerprint density at radius 1 is 1.60 bits per heavy atom. The van der Waals surface area contributed by atoms with Crippen LogP contribution in [0.2, 0.25) is 0 Å². The molecule has 1 atom stereocenters. The lowest BCUT2D eigenvalue weighted by atomic mass is 9.86. The number of rotatable bonds is 4. The molecule has 1 unspecified atom stereocenters. The normalized spacial score (nSPS) is 16.5. The molecule has 0 spiro atoms. The minimum Gasteiger partial charge on any atom is -0.353 e. The molecule has 0 heterocycles. The third kappa shape index (κ3) is 2.01. The zero-order chi connectivity index (χ0) is 8.20. The highest BCUT2D eigenvalue weighted by molar-refractivity contribution is 5.47. The first kappa shape index (κ1) is 9.47. The third-order valence-corrected chi connectivity index (χ3v) is 2.40. The first-order valence-corrected chi connectivity index (χ1v) is 3.78. The van der Waals surface area contributed by atoms with Crippen LogP contribution in [-0.4, -0.2) is 11.9 Å². The predicted octanol–water partition coefficient (Wildman–Crippen LogP) is 1.56. The molecule has 0 aromatic heterocycles. The van der Waals surface area contributed by atoms with E-state index in [-0.39, 0.29) is 5.54 Å². The molecular weight excluding hydrogens is 126 g/mol. The van der Waals surface area contributed by atoms with E-state index in [9.17, 15) is 4.79 Å². The Bertz CT molecular complexity index is 112. The van der Waals surface area contributed by atoms with Crippen molar-refractivity contribution < 1.29 is 4.79 Å². The van der Waals surface area contributed by atoms with Crippen molar-refractivity contribution in [2.24, 2.45) is 5.92 Å². The molecule has 60 valence electrons. The molecule has 0 aliphatic heterocycles.